The van der Waals surface area contributed by atoms with Crippen molar-refractivity contribution in [3.05, 3.63) is 0 Å². The Morgan fingerprint density at radius 3 is 2.48 bits per heavy atom. The van der Waals surface area contributed by atoms with E-state index in [1.165, 1.54) is 32.1 Å². The topological polar surface area (TPSA) is 41.6 Å². The van der Waals surface area contributed by atoms with E-state index in [9.17, 15) is 4.79 Å². The Labute approximate surface area is 130 Å². The molecule has 1 aliphatic rings. The van der Waals surface area contributed by atoms with Crippen molar-refractivity contribution in [2.75, 3.05) is 26.7 Å². The second-order valence-corrected chi connectivity index (χ2v) is 7.63. The molecule has 0 radical (unpaired) electrons. The summed E-state index contributed by atoms with van der Waals surface area (Å²) in [5.41, 5.74) is -0.423. The highest BCUT2D eigenvalue weighted by atomic mass is 16.6. The highest BCUT2D eigenvalue weighted by Gasteiger charge is 2.20. The lowest BCUT2D eigenvalue weighted by atomic mass is 9.89. The minimum absolute atomic E-state index is 0.235. The van der Waals surface area contributed by atoms with Gasteiger partial charge in [-0.1, -0.05) is 26.2 Å². The van der Waals surface area contributed by atoms with Gasteiger partial charge in [0.2, 0.25) is 0 Å². The number of nitrogens with zero attached hydrogens (tertiary/aromatic N) is 1. The van der Waals surface area contributed by atoms with Crippen LogP contribution in [0.3, 0.4) is 0 Å². The van der Waals surface area contributed by atoms with Gasteiger partial charge in [0.05, 0.1) is 0 Å². The van der Waals surface area contributed by atoms with E-state index >= 15 is 0 Å². The van der Waals surface area contributed by atoms with E-state index in [2.05, 4.69) is 12.2 Å². The van der Waals surface area contributed by atoms with Crippen LogP contribution in [0.2, 0.25) is 0 Å². The first kappa shape index (κ1) is 18.3. The van der Waals surface area contributed by atoms with Crippen LogP contribution in [0.15, 0.2) is 0 Å². The summed E-state index contributed by atoms with van der Waals surface area (Å²) in [5, 5.41) is 3.57. The number of hydrogen-bond acceptors (Lipinski definition) is 3. The lowest BCUT2D eigenvalue weighted by Crippen LogP contribution is -2.39. The number of carbonyl (C=O) groups excluding carboxylic acids is 1. The quantitative estimate of drug-likeness (QED) is 0.813. The summed E-state index contributed by atoms with van der Waals surface area (Å²) in [5.74, 6) is 1.29. The Morgan fingerprint density at radius 2 is 1.90 bits per heavy atom. The zero-order chi connectivity index (χ0) is 15.9. The lowest BCUT2D eigenvalue weighted by molar-refractivity contribution is 0.0276. The molecular formula is C17H34N2O2. The van der Waals surface area contributed by atoms with Crippen molar-refractivity contribution in [3.63, 3.8) is 0 Å². The molecule has 0 bridgehead atoms. The van der Waals surface area contributed by atoms with Crippen LogP contribution >= 0.6 is 0 Å². The maximum atomic E-state index is 11.9. The fourth-order valence-electron chi connectivity index (χ4n) is 2.87. The maximum absolute atomic E-state index is 11.9. The van der Waals surface area contributed by atoms with Crippen LogP contribution < -0.4 is 5.32 Å². The van der Waals surface area contributed by atoms with E-state index in [-0.39, 0.29) is 6.09 Å². The number of nitrogens with one attached hydrogen (secondary N) is 1. The summed E-state index contributed by atoms with van der Waals surface area (Å²) in [6.45, 7) is 10.7. The third-order valence-electron chi connectivity index (χ3n) is 3.94. The van der Waals surface area contributed by atoms with Gasteiger partial charge in [-0.3, -0.25) is 0 Å². The summed E-state index contributed by atoms with van der Waals surface area (Å²) in [7, 11) is 1.81. The number of hydrogen-bond donors (Lipinski definition) is 1. The van der Waals surface area contributed by atoms with Gasteiger partial charge in [0, 0.05) is 13.6 Å². The maximum Gasteiger partial charge on any atom is 0.410 e. The van der Waals surface area contributed by atoms with Crippen LogP contribution in [0.1, 0.15) is 59.8 Å². The van der Waals surface area contributed by atoms with Gasteiger partial charge in [0.15, 0.2) is 0 Å². The van der Waals surface area contributed by atoms with Crippen LogP contribution in [0, 0.1) is 11.8 Å². The van der Waals surface area contributed by atoms with Gasteiger partial charge < -0.3 is 15.0 Å². The molecule has 0 aliphatic heterocycles. The number of rotatable bonds is 6. The molecular weight excluding hydrogens is 264 g/mol. The summed E-state index contributed by atoms with van der Waals surface area (Å²) >= 11 is 0. The summed E-state index contributed by atoms with van der Waals surface area (Å²) < 4.78 is 5.37. The second-order valence-electron chi connectivity index (χ2n) is 7.63. The van der Waals surface area contributed by atoms with E-state index in [0.29, 0.717) is 5.92 Å². The first-order valence-electron chi connectivity index (χ1n) is 8.43. The van der Waals surface area contributed by atoms with Crippen molar-refractivity contribution in [2.45, 2.75) is 65.4 Å². The standard InChI is InChI=1S/C17H34N2O2/c1-14(11-18-12-15-9-7-6-8-10-15)13-19(5)16(20)21-17(2,3)4/h14-15,18H,6-13H2,1-5H3. The molecule has 0 aromatic carbocycles. The summed E-state index contributed by atoms with van der Waals surface area (Å²) in [4.78, 5) is 13.6. The molecule has 1 unspecified atom stereocenters. The van der Waals surface area contributed by atoms with Gasteiger partial charge in [-0.15, -0.1) is 0 Å². The highest BCUT2D eigenvalue weighted by molar-refractivity contribution is 5.67. The van der Waals surface area contributed by atoms with Gasteiger partial charge in [-0.25, -0.2) is 4.79 Å². The molecule has 1 fully saturated rings. The van der Waals surface area contributed by atoms with Crippen LogP contribution in [0.5, 0.6) is 0 Å². The SMILES string of the molecule is CC(CNCC1CCCCC1)CN(C)C(=O)OC(C)(C)C. The molecule has 1 amide bonds. The molecule has 4 heteroatoms. The smallest absolute Gasteiger partial charge is 0.410 e. The van der Waals surface area contributed by atoms with Crippen molar-refractivity contribution < 1.29 is 9.53 Å². The molecule has 0 aromatic rings. The number of carbonyl (C=O) groups is 1. The van der Waals surface area contributed by atoms with Crippen molar-refractivity contribution in [3.8, 4) is 0 Å². The Bertz CT molecular complexity index is 306. The monoisotopic (exact) mass is 298 g/mol. The Hall–Kier alpha value is -0.770. The fourth-order valence-corrected chi connectivity index (χ4v) is 2.87. The normalized spacial score (nSPS) is 18.3. The Morgan fingerprint density at radius 1 is 1.29 bits per heavy atom. The van der Waals surface area contributed by atoms with Crippen LogP contribution in [0.4, 0.5) is 4.79 Å². The molecule has 21 heavy (non-hydrogen) atoms. The molecule has 0 heterocycles. The molecule has 1 N–H and O–H groups in total. The predicted molar refractivity (Wildman–Crippen MR) is 87.5 cm³/mol. The average Bonchev–Trinajstić information content (AvgIpc) is 2.37. The van der Waals surface area contributed by atoms with Crippen molar-refractivity contribution in [2.24, 2.45) is 11.8 Å². The zero-order valence-corrected chi connectivity index (χ0v) is 14.6. The summed E-state index contributed by atoms with van der Waals surface area (Å²) in [6.07, 6.45) is 6.71. The van der Waals surface area contributed by atoms with E-state index in [1.54, 1.807) is 4.90 Å². The molecule has 124 valence electrons. The first-order valence-corrected chi connectivity index (χ1v) is 8.43. The largest absolute Gasteiger partial charge is 0.444 e. The minimum atomic E-state index is -0.423. The van der Waals surface area contributed by atoms with Crippen LogP contribution in [0.25, 0.3) is 0 Å². The van der Waals surface area contributed by atoms with Gasteiger partial charge in [-0.05, 0) is 58.5 Å². The van der Waals surface area contributed by atoms with Crippen molar-refractivity contribution in [1.82, 2.24) is 10.2 Å². The zero-order valence-electron chi connectivity index (χ0n) is 14.6. The van der Waals surface area contributed by atoms with Gasteiger partial charge in [0.1, 0.15) is 5.60 Å². The van der Waals surface area contributed by atoms with E-state index in [0.717, 1.165) is 25.6 Å². The molecule has 1 rings (SSSR count). The lowest BCUT2D eigenvalue weighted by Gasteiger charge is -2.27. The molecule has 0 saturated heterocycles. The van der Waals surface area contributed by atoms with E-state index < -0.39 is 5.60 Å². The predicted octanol–water partition coefficient (Wildman–Crippen LogP) is 3.66. The molecule has 1 aliphatic carbocycles. The second kappa shape index (κ2) is 8.62. The average molecular weight is 298 g/mol. The summed E-state index contributed by atoms with van der Waals surface area (Å²) in [6, 6.07) is 0. The third kappa shape index (κ3) is 8.30. The fraction of sp³-hybridized carbons (Fsp3) is 0.941. The van der Waals surface area contributed by atoms with Gasteiger partial charge in [-0.2, -0.15) is 0 Å². The third-order valence-corrected chi connectivity index (χ3v) is 3.94. The molecule has 4 nitrogen and oxygen atoms in total. The molecule has 0 aromatic heterocycles. The van der Waals surface area contributed by atoms with Crippen molar-refractivity contribution in [1.29, 1.82) is 0 Å². The van der Waals surface area contributed by atoms with E-state index in [1.807, 2.05) is 27.8 Å². The molecule has 1 atom stereocenters. The molecule has 1 saturated carbocycles. The number of amides is 1. The van der Waals surface area contributed by atoms with Crippen LogP contribution in [-0.2, 0) is 4.74 Å². The van der Waals surface area contributed by atoms with Crippen LogP contribution in [-0.4, -0.2) is 43.3 Å². The minimum Gasteiger partial charge on any atom is -0.444 e. The van der Waals surface area contributed by atoms with Crippen molar-refractivity contribution >= 4 is 6.09 Å². The highest BCUT2D eigenvalue weighted by Crippen LogP contribution is 2.22. The van der Waals surface area contributed by atoms with E-state index in [4.69, 9.17) is 4.74 Å². The molecule has 0 spiro atoms. The Balaban J connectivity index is 2.16. The first-order chi connectivity index (χ1) is 9.78. The van der Waals surface area contributed by atoms with Gasteiger partial charge >= 0.3 is 6.09 Å². The Kier molecular flexibility index (Phi) is 7.50. The van der Waals surface area contributed by atoms with Gasteiger partial charge in [0.25, 0.3) is 0 Å². The number of ether oxygens (including phenoxy) is 1.